The molecule has 1 unspecified atom stereocenters. The third kappa shape index (κ3) is 5.14. The summed E-state index contributed by atoms with van der Waals surface area (Å²) in [5.74, 6) is -0.180. The average molecular weight is 526 g/mol. The summed E-state index contributed by atoms with van der Waals surface area (Å²) >= 11 is 0. The number of ether oxygens (including phenoxy) is 3. The second kappa shape index (κ2) is 10.7. The Kier molecular flexibility index (Phi) is 6.84. The van der Waals surface area contributed by atoms with Gasteiger partial charge >= 0.3 is 5.97 Å². The third-order valence-electron chi connectivity index (χ3n) is 7.42. The van der Waals surface area contributed by atoms with Crippen molar-refractivity contribution in [2.45, 2.75) is 43.9 Å². The van der Waals surface area contributed by atoms with Crippen LogP contribution in [0.4, 0.5) is 5.69 Å². The first-order chi connectivity index (χ1) is 19.1. The van der Waals surface area contributed by atoms with E-state index < -0.39 is 17.8 Å². The highest BCUT2D eigenvalue weighted by Gasteiger charge is 2.47. The molecule has 2 aliphatic rings. The summed E-state index contributed by atoms with van der Waals surface area (Å²) in [5.41, 5.74) is 4.14. The first-order valence-corrected chi connectivity index (χ1v) is 13.3. The summed E-state index contributed by atoms with van der Waals surface area (Å²) in [4.78, 5) is 17.0. The number of nitrogens with zero attached hydrogens (tertiary/aromatic N) is 2. The third-order valence-corrected chi connectivity index (χ3v) is 7.42. The molecule has 0 saturated carbocycles. The van der Waals surface area contributed by atoms with Gasteiger partial charge in [-0.05, 0) is 54.8 Å². The number of aromatic nitrogens is 2. The van der Waals surface area contributed by atoms with Gasteiger partial charge in [-0.25, -0.2) is 0 Å². The highest BCUT2D eigenvalue weighted by atomic mass is 16.7. The molecule has 39 heavy (non-hydrogen) atoms. The van der Waals surface area contributed by atoms with Crippen molar-refractivity contribution in [3.8, 4) is 5.75 Å². The first kappa shape index (κ1) is 24.9. The Balaban J connectivity index is 1.25. The summed E-state index contributed by atoms with van der Waals surface area (Å²) in [7, 11) is 0. The van der Waals surface area contributed by atoms with Gasteiger partial charge < -0.3 is 29.2 Å². The van der Waals surface area contributed by atoms with Crippen molar-refractivity contribution in [1.29, 1.82) is 0 Å². The normalized spacial score (nSPS) is 16.1. The molecule has 0 radical (unpaired) electrons. The van der Waals surface area contributed by atoms with Crippen molar-refractivity contribution >= 4 is 22.6 Å². The van der Waals surface area contributed by atoms with Gasteiger partial charge in [0.15, 0.2) is 0 Å². The molecule has 8 heteroatoms. The number of anilines is 1. The number of nitrogens with one attached hydrogen (secondary N) is 1. The van der Waals surface area contributed by atoms with Crippen LogP contribution in [-0.2, 0) is 39.1 Å². The maximum atomic E-state index is 12.2. The van der Waals surface area contributed by atoms with Crippen LogP contribution in [-0.4, -0.2) is 40.1 Å². The Morgan fingerprint density at radius 3 is 2.77 bits per heavy atom. The molecule has 1 atom stereocenters. The molecule has 0 amide bonds. The van der Waals surface area contributed by atoms with Crippen molar-refractivity contribution < 1.29 is 24.1 Å². The number of fused-ring (bicyclic) bond motifs is 2. The van der Waals surface area contributed by atoms with Crippen LogP contribution in [0.25, 0.3) is 10.9 Å². The summed E-state index contributed by atoms with van der Waals surface area (Å²) in [6, 6.07) is 21.8. The summed E-state index contributed by atoms with van der Waals surface area (Å²) in [5, 5.41) is 14.3. The van der Waals surface area contributed by atoms with Crippen molar-refractivity contribution in [3.63, 3.8) is 0 Å². The van der Waals surface area contributed by atoms with Crippen LogP contribution in [0.2, 0.25) is 0 Å². The van der Waals surface area contributed by atoms with Crippen LogP contribution in [0.5, 0.6) is 5.75 Å². The van der Waals surface area contributed by atoms with E-state index in [0.717, 1.165) is 58.7 Å². The molecular weight excluding hydrogens is 494 g/mol. The van der Waals surface area contributed by atoms with E-state index in [4.69, 9.17) is 19.2 Å². The largest absolute Gasteiger partial charge is 0.493 e. The van der Waals surface area contributed by atoms with Crippen LogP contribution < -0.4 is 10.1 Å². The quantitative estimate of drug-likeness (QED) is 0.291. The van der Waals surface area contributed by atoms with Crippen LogP contribution in [0.15, 0.2) is 85.5 Å². The maximum Gasteiger partial charge on any atom is 0.306 e. The van der Waals surface area contributed by atoms with Gasteiger partial charge in [0, 0.05) is 42.2 Å². The smallest absolute Gasteiger partial charge is 0.306 e. The fraction of sp³-hybridized carbons (Fsp3) is 0.290. The van der Waals surface area contributed by atoms with Gasteiger partial charge in [0.05, 0.1) is 24.4 Å². The molecule has 4 heterocycles. The number of hydrogen-bond acceptors (Lipinski definition) is 6. The maximum absolute atomic E-state index is 12.2. The number of rotatable bonds is 10. The van der Waals surface area contributed by atoms with Gasteiger partial charge in [-0.15, -0.1) is 0 Å². The zero-order valence-corrected chi connectivity index (χ0v) is 21.6. The molecule has 6 rings (SSSR count). The monoisotopic (exact) mass is 525 g/mol. The zero-order chi connectivity index (χ0) is 26.7. The van der Waals surface area contributed by atoms with E-state index in [2.05, 4.69) is 17.4 Å². The molecule has 4 aromatic rings. The van der Waals surface area contributed by atoms with Gasteiger partial charge in [-0.1, -0.05) is 30.3 Å². The summed E-state index contributed by atoms with van der Waals surface area (Å²) < 4.78 is 19.7. The molecule has 8 nitrogen and oxygen atoms in total. The van der Waals surface area contributed by atoms with E-state index in [1.165, 1.54) is 12.5 Å². The molecule has 2 aliphatic heterocycles. The molecular formula is C31H31N3O5. The van der Waals surface area contributed by atoms with E-state index in [0.29, 0.717) is 19.4 Å². The van der Waals surface area contributed by atoms with E-state index in [9.17, 15) is 9.90 Å². The van der Waals surface area contributed by atoms with Crippen molar-refractivity contribution in [3.05, 3.63) is 102 Å². The molecule has 0 bridgehead atoms. The predicted octanol–water partition coefficient (Wildman–Crippen LogP) is 5.27. The van der Waals surface area contributed by atoms with E-state index in [-0.39, 0.29) is 6.42 Å². The number of carbonyl (C=O) groups is 1. The van der Waals surface area contributed by atoms with Crippen LogP contribution in [0, 0.1) is 0 Å². The molecule has 0 saturated heterocycles. The van der Waals surface area contributed by atoms with Gasteiger partial charge in [-0.2, -0.15) is 0 Å². The SMILES string of the molecule is O=C(O)CC(Cc1ccccc1)(C1OC=CO1)n1ccc2cc(OCCc3ccc4c(n3)CCCN4)ccc21. The van der Waals surface area contributed by atoms with Crippen molar-refractivity contribution in [2.75, 3.05) is 18.5 Å². The highest BCUT2D eigenvalue weighted by molar-refractivity contribution is 5.82. The lowest BCUT2D eigenvalue weighted by atomic mass is 9.85. The Morgan fingerprint density at radius 1 is 1.10 bits per heavy atom. The molecule has 0 fully saturated rings. The number of hydrogen-bond donors (Lipinski definition) is 2. The molecule has 2 N–H and O–H groups in total. The van der Waals surface area contributed by atoms with E-state index in [1.54, 1.807) is 0 Å². The number of aliphatic carboxylic acids is 1. The lowest BCUT2D eigenvalue weighted by Crippen LogP contribution is -2.49. The van der Waals surface area contributed by atoms with Gasteiger partial charge in [0.2, 0.25) is 0 Å². The topological polar surface area (TPSA) is 94.8 Å². The Labute approximate surface area is 226 Å². The lowest BCUT2D eigenvalue weighted by molar-refractivity contribution is -0.151. The molecule has 2 aromatic carbocycles. The molecule has 2 aromatic heterocycles. The summed E-state index contributed by atoms with van der Waals surface area (Å²) in [6.45, 7) is 1.51. The second-order valence-corrected chi connectivity index (χ2v) is 10.0. The van der Waals surface area contributed by atoms with Crippen LogP contribution in [0.1, 0.15) is 29.8 Å². The zero-order valence-electron chi connectivity index (χ0n) is 21.6. The highest BCUT2D eigenvalue weighted by Crippen LogP contribution is 2.38. The van der Waals surface area contributed by atoms with Gasteiger partial charge in [0.25, 0.3) is 6.29 Å². The average Bonchev–Trinajstić information content (AvgIpc) is 3.64. The van der Waals surface area contributed by atoms with Gasteiger partial charge in [-0.3, -0.25) is 9.78 Å². The minimum Gasteiger partial charge on any atom is -0.493 e. The van der Waals surface area contributed by atoms with Crippen LogP contribution in [0.3, 0.4) is 0 Å². The van der Waals surface area contributed by atoms with E-state index in [1.807, 2.05) is 65.4 Å². The van der Waals surface area contributed by atoms with E-state index >= 15 is 0 Å². The number of carboxylic acid groups (broad SMARTS) is 1. The van der Waals surface area contributed by atoms with Crippen molar-refractivity contribution in [2.24, 2.45) is 0 Å². The standard InChI is InChI=1S/C31H31N3O5/c35-29(36)21-31(30-38-17-18-39-30,20-22-5-2-1-3-6-22)34-15-12-23-19-25(9-11-28(23)34)37-16-13-24-8-10-26-27(33-24)7-4-14-32-26/h1-3,5-6,8-12,15,17-19,30,32H,4,7,13-14,16,20-21H2,(H,35,36). The molecule has 0 aliphatic carbocycles. The minimum atomic E-state index is -1.02. The van der Waals surface area contributed by atoms with Crippen LogP contribution >= 0.6 is 0 Å². The van der Waals surface area contributed by atoms with Crippen molar-refractivity contribution in [1.82, 2.24) is 9.55 Å². The Bertz CT molecular complexity index is 1490. The minimum absolute atomic E-state index is 0.181. The second-order valence-electron chi connectivity index (χ2n) is 10.0. The summed E-state index contributed by atoms with van der Waals surface area (Å²) in [6.07, 6.45) is 7.12. The fourth-order valence-corrected chi connectivity index (χ4v) is 5.60. The first-order valence-electron chi connectivity index (χ1n) is 13.3. The number of pyridine rings is 1. The predicted molar refractivity (Wildman–Crippen MR) is 148 cm³/mol. The number of carboxylic acids is 1. The Hall–Kier alpha value is -4.46. The Morgan fingerprint density at radius 2 is 1.95 bits per heavy atom. The molecule has 200 valence electrons. The lowest BCUT2D eigenvalue weighted by Gasteiger charge is -2.38. The number of aryl methyl sites for hydroxylation is 1. The molecule has 0 spiro atoms. The fourth-order valence-electron chi connectivity index (χ4n) is 5.60. The van der Waals surface area contributed by atoms with Gasteiger partial charge in [0.1, 0.15) is 23.8 Å². The number of benzene rings is 2.